The number of hydrogen-bond donors (Lipinski definition) is 3. The van der Waals surface area contributed by atoms with Gasteiger partial charge >= 0.3 is 0 Å². The topological polar surface area (TPSA) is 44.3 Å². The van der Waals surface area contributed by atoms with Crippen LogP contribution in [-0.2, 0) is 0 Å². The molecule has 3 nitrogen and oxygen atoms in total. The van der Waals surface area contributed by atoms with Crippen molar-refractivity contribution in [2.75, 3.05) is 19.6 Å². The summed E-state index contributed by atoms with van der Waals surface area (Å²) in [6, 6.07) is 0.599. The monoisotopic (exact) mass is 214 g/mol. The third-order valence-electron chi connectivity index (χ3n) is 2.96. The van der Waals surface area contributed by atoms with E-state index in [1.807, 2.05) is 0 Å². The predicted octanol–water partition coefficient (Wildman–Crippen LogP) is 1.13. The Morgan fingerprint density at radius 3 is 2.87 bits per heavy atom. The molecule has 0 aromatic heterocycles. The second-order valence-electron chi connectivity index (χ2n) is 5.07. The second kappa shape index (κ2) is 7.20. The minimum absolute atomic E-state index is 0.179. The van der Waals surface area contributed by atoms with E-state index in [4.69, 9.17) is 0 Å². The first-order chi connectivity index (χ1) is 7.18. The molecule has 3 N–H and O–H groups in total. The smallest absolute Gasteiger partial charge is 0.0667 e. The summed E-state index contributed by atoms with van der Waals surface area (Å²) in [6.07, 6.45) is 4.40. The summed E-state index contributed by atoms with van der Waals surface area (Å²) in [5.74, 6) is 0.581. The molecule has 0 saturated carbocycles. The quantitative estimate of drug-likeness (QED) is 0.643. The van der Waals surface area contributed by atoms with Crippen LogP contribution in [0.3, 0.4) is 0 Å². The van der Waals surface area contributed by atoms with Gasteiger partial charge in [0, 0.05) is 12.6 Å². The van der Waals surface area contributed by atoms with Gasteiger partial charge in [0.1, 0.15) is 0 Å². The zero-order valence-corrected chi connectivity index (χ0v) is 10.1. The first-order valence-electron chi connectivity index (χ1n) is 6.30. The van der Waals surface area contributed by atoms with Gasteiger partial charge in [0.25, 0.3) is 0 Å². The first-order valence-corrected chi connectivity index (χ1v) is 6.30. The van der Waals surface area contributed by atoms with Gasteiger partial charge in [-0.1, -0.05) is 13.8 Å². The van der Waals surface area contributed by atoms with Gasteiger partial charge in [0.15, 0.2) is 0 Å². The third kappa shape index (κ3) is 6.13. The van der Waals surface area contributed by atoms with Gasteiger partial charge in [-0.25, -0.2) is 0 Å². The van der Waals surface area contributed by atoms with E-state index < -0.39 is 0 Å². The number of hydrogen-bond acceptors (Lipinski definition) is 3. The van der Waals surface area contributed by atoms with Crippen LogP contribution in [0.4, 0.5) is 0 Å². The Bertz CT molecular complexity index is 154. The zero-order valence-electron chi connectivity index (χ0n) is 10.1. The number of aliphatic hydroxyl groups excluding tert-OH is 1. The highest BCUT2D eigenvalue weighted by atomic mass is 16.3. The van der Waals surface area contributed by atoms with E-state index in [0.717, 1.165) is 26.1 Å². The number of aliphatic hydroxyl groups is 1. The molecule has 1 heterocycles. The van der Waals surface area contributed by atoms with Crippen LogP contribution in [0.2, 0.25) is 0 Å². The SMILES string of the molecule is CC(C)CC(O)CNC1CCCNCC1. The maximum Gasteiger partial charge on any atom is 0.0667 e. The summed E-state index contributed by atoms with van der Waals surface area (Å²) in [5, 5.41) is 16.6. The lowest BCUT2D eigenvalue weighted by molar-refractivity contribution is 0.141. The van der Waals surface area contributed by atoms with E-state index in [-0.39, 0.29) is 6.10 Å². The van der Waals surface area contributed by atoms with Gasteiger partial charge in [-0.05, 0) is 44.7 Å². The van der Waals surface area contributed by atoms with Crippen LogP contribution in [0, 0.1) is 5.92 Å². The molecular formula is C12H26N2O. The second-order valence-corrected chi connectivity index (χ2v) is 5.07. The molecule has 1 rings (SSSR count). The van der Waals surface area contributed by atoms with Crippen LogP contribution in [0.25, 0.3) is 0 Å². The molecule has 0 bridgehead atoms. The molecule has 2 atom stereocenters. The molecule has 1 saturated heterocycles. The summed E-state index contributed by atoms with van der Waals surface area (Å²) in [7, 11) is 0. The minimum Gasteiger partial charge on any atom is -0.392 e. The fourth-order valence-electron chi connectivity index (χ4n) is 2.15. The molecule has 1 fully saturated rings. The molecule has 0 spiro atoms. The largest absolute Gasteiger partial charge is 0.392 e. The normalized spacial score (nSPS) is 25.2. The Morgan fingerprint density at radius 1 is 1.33 bits per heavy atom. The molecule has 3 heteroatoms. The molecule has 15 heavy (non-hydrogen) atoms. The highest BCUT2D eigenvalue weighted by Gasteiger charge is 2.13. The maximum atomic E-state index is 9.74. The Balaban J connectivity index is 2.11. The van der Waals surface area contributed by atoms with Crippen molar-refractivity contribution >= 4 is 0 Å². The van der Waals surface area contributed by atoms with Crippen LogP contribution in [0.15, 0.2) is 0 Å². The lowest BCUT2D eigenvalue weighted by atomic mass is 10.0. The van der Waals surface area contributed by atoms with Crippen molar-refractivity contribution in [2.45, 2.75) is 51.7 Å². The van der Waals surface area contributed by atoms with Crippen LogP contribution < -0.4 is 10.6 Å². The molecule has 2 unspecified atom stereocenters. The fourth-order valence-corrected chi connectivity index (χ4v) is 2.15. The average molecular weight is 214 g/mol. The van der Waals surface area contributed by atoms with Gasteiger partial charge in [-0.2, -0.15) is 0 Å². The van der Waals surface area contributed by atoms with Crippen molar-refractivity contribution in [1.82, 2.24) is 10.6 Å². The molecule has 90 valence electrons. The van der Waals surface area contributed by atoms with Crippen molar-refractivity contribution in [1.29, 1.82) is 0 Å². The Hall–Kier alpha value is -0.120. The van der Waals surface area contributed by atoms with E-state index in [1.165, 1.54) is 19.3 Å². The molecule has 1 aliphatic rings. The average Bonchev–Trinajstić information content (AvgIpc) is 2.41. The summed E-state index contributed by atoms with van der Waals surface area (Å²) in [4.78, 5) is 0. The summed E-state index contributed by atoms with van der Waals surface area (Å²) < 4.78 is 0. The molecule has 1 aliphatic heterocycles. The van der Waals surface area contributed by atoms with Gasteiger partial charge in [0.2, 0.25) is 0 Å². The standard InChI is InChI=1S/C12H26N2O/c1-10(2)8-12(15)9-14-11-4-3-6-13-7-5-11/h10-15H,3-9H2,1-2H3. The van der Waals surface area contributed by atoms with Crippen LogP contribution >= 0.6 is 0 Å². The maximum absolute atomic E-state index is 9.74. The minimum atomic E-state index is -0.179. The van der Waals surface area contributed by atoms with Crippen LogP contribution in [0.1, 0.15) is 39.5 Å². The van der Waals surface area contributed by atoms with Gasteiger partial charge < -0.3 is 15.7 Å². The summed E-state index contributed by atoms with van der Waals surface area (Å²) >= 11 is 0. The van der Waals surface area contributed by atoms with E-state index in [0.29, 0.717) is 12.0 Å². The van der Waals surface area contributed by atoms with E-state index >= 15 is 0 Å². The lowest BCUT2D eigenvalue weighted by Crippen LogP contribution is -2.36. The highest BCUT2D eigenvalue weighted by molar-refractivity contribution is 4.74. The van der Waals surface area contributed by atoms with E-state index in [2.05, 4.69) is 24.5 Å². The van der Waals surface area contributed by atoms with Gasteiger partial charge in [0.05, 0.1) is 6.10 Å². The zero-order chi connectivity index (χ0) is 11.1. The Kier molecular flexibility index (Phi) is 6.22. The molecular weight excluding hydrogens is 188 g/mol. The molecule has 0 aliphatic carbocycles. The van der Waals surface area contributed by atoms with E-state index in [9.17, 15) is 5.11 Å². The summed E-state index contributed by atoms with van der Waals surface area (Å²) in [6.45, 7) is 7.31. The fraction of sp³-hybridized carbons (Fsp3) is 1.00. The van der Waals surface area contributed by atoms with Crippen molar-refractivity contribution in [3.63, 3.8) is 0 Å². The lowest BCUT2D eigenvalue weighted by Gasteiger charge is -2.19. The first kappa shape index (κ1) is 12.9. The Labute approximate surface area is 93.6 Å². The number of rotatable bonds is 5. The van der Waals surface area contributed by atoms with E-state index in [1.54, 1.807) is 0 Å². The van der Waals surface area contributed by atoms with Crippen molar-refractivity contribution in [3.05, 3.63) is 0 Å². The third-order valence-corrected chi connectivity index (χ3v) is 2.96. The highest BCUT2D eigenvalue weighted by Crippen LogP contribution is 2.07. The van der Waals surface area contributed by atoms with Crippen LogP contribution in [-0.4, -0.2) is 36.9 Å². The Morgan fingerprint density at radius 2 is 2.13 bits per heavy atom. The summed E-state index contributed by atoms with van der Waals surface area (Å²) in [5.41, 5.74) is 0. The van der Waals surface area contributed by atoms with Gasteiger partial charge in [-0.15, -0.1) is 0 Å². The van der Waals surface area contributed by atoms with Crippen molar-refractivity contribution in [2.24, 2.45) is 5.92 Å². The molecule has 0 amide bonds. The van der Waals surface area contributed by atoms with Crippen molar-refractivity contribution < 1.29 is 5.11 Å². The molecule has 0 aromatic carbocycles. The predicted molar refractivity (Wildman–Crippen MR) is 64.0 cm³/mol. The number of nitrogens with one attached hydrogen (secondary N) is 2. The van der Waals surface area contributed by atoms with Crippen LogP contribution in [0.5, 0.6) is 0 Å². The molecule has 0 radical (unpaired) electrons. The van der Waals surface area contributed by atoms with Gasteiger partial charge in [-0.3, -0.25) is 0 Å². The van der Waals surface area contributed by atoms with Crippen molar-refractivity contribution in [3.8, 4) is 0 Å². The molecule has 0 aromatic rings.